The third kappa shape index (κ3) is 4.69. The second-order valence-electron chi connectivity index (χ2n) is 4.97. The van der Waals surface area contributed by atoms with Gasteiger partial charge in [0.15, 0.2) is 0 Å². The van der Waals surface area contributed by atoms with E-state index in [1.54, 1.807) is 0 Å². The summed E-state index contributed by atoms with van der Waals surface area (Å²) in [5.74, 6) is -0.0995. The molecule has 5 heteroatoms. The Morgan fingerprint density at radius 3 is 3.00 bits per heavy atom. The molecule has 1 heterocycles. The molecule has 1 aromatic carbocycles. The van der Waals surface area contributed by atoms with Crippen LogP contribution in [0.2, 0.25) is 5.02 Å². The van der Waals surface area contributed by atoms with E-state index in [2.05, 4.69) is 0 Å². The van der Waals surface area contributed by atoms with Crippen molar-refractivity contribution in [3.63, 3.8) is 0 Å². The van der Waals surface area contributed by atoms with Crippen LogP contribution in [0.25, 0.3) is 0 Å². The van der Waals surface area contributed by atoms with Crippen molar-refractivity contribution in [2.75, 3.05) is 13.2 Å². The number of aryl methyl sites for hydroxylation is 1. The van der Waals surface area contributed by atoms with E-state index in [0.29, 0.717) is 30.2 Å². The van der Waals surface area contributed by atoms with Crippen molar-refractivity contribution in [2.24, 2.45) is 0 Å². The minimum absolute atomic E-state index is 0.0686. The molecule has 1 atom stereocenters. The highest BCUT2D eigenvalue weighted by Gasteiger charge is 2.16. The standard InChI is InChI=1S/C15H19ClO4/c16-13-9-11(3-1-5-15(17)18)6-7-14(13)20-12-4-2-8-19-10-12/h6-7,9,12H,1-5,8,10H2,(H,17,18). The second-order valence-corrected chi connectivity index (χ2v) is 5.38. The van der Waals surface area contributed by atoms with Crippen molar-refractivity contribution in [1.29, 1.82) is 0 Å². The van der Waals surface area contributed by atoms with Gasteiger partial charge in [0.2, 0.25) is 0 Å². The fraction of sp³-hybridized carbons (Fsp3) is 0.533. The molecule has 0 amide bonds. The molecule has 2 rings (SSSR count). The van der Waals surface area contributed by atoms with Gasteiger partial charge in [-0.1, -0.05) is 17.7 Å². The van der Waals surface area contributed by atoms with Crippen LogP contribution in [-0.4, -0.2) is 30.4 Å². The number of carboxylic acids is 1. The summed E-state index contributed by atoms with van der Waals surface area (Å²) in [5.41, 5.74) is 1.03. The Morgan fingerprint density at radius 1 is 1.50 bits per heavy atom. The normalized spacial score (nSPS) is 18.8. The molecular weight excluding hydrogens is 280 g/mol. The molecule has 0 aromatic heterocycles. The van der Waals surface area contributed by atoms with Gasteiger partial charge in [0.25, 0.3) is 0 Å². The summed E-state index contributed by atoms with van der Waals surface area (Å²) in [7, 11) is 0. The highest BCUT2D eigenvalue weighted by molar-refractivity contribution is 6.32. The van der Waals surface area contributed by atoms with Gasteiger partial charge in [-0.3, -0.25) is 4.79 Å². The van der Waals surface area contributed by atoms with Gasteiger partial charge in [-0.2, -0.15) is 0 Å². The molecule has 110 valence electrons. The summed E-state index contributed by atoms with van der Waals surface area (Å²) < 4.78 is 11.2. The number of hydrogen-bond donors (Lipinski definition) is 1. The first kappa shape index (κ1) is 15.1. The highest BCUT2D eigenvalue weighted by atomic mass is 35.5. The molecule has 1 aliphatic heterocycles. The van der Waals surface area contributed by atoms with Crippen LogP contribution >= 0.6 is 11.6 Å². The van der Waals surface area contributed by atoms with E-state index in [4.69, 9.17) is 26.2 Å². The van der Waals surface area contributed by atoms with Crippen molar-refractivity contribution < 1.29 is 19.4 Å². The predicted molar refractivity (Wildman–Crippen MR) is 76.5 cm³/mol. The van der Waals surface area contributed by atoms with Gasteiger partial charge < -0.3 is 14.6 Å². The van der Waals surface area contributed by atoms with Crippen LogP contribution in [-0.2, 0) is 16.0 Å². The Labute approximate surface area is 123 Å². The van der Waals surface area contributed by atoms with Crippen LogP contribution in [0.3, 0.4) is 0 Å². The summed E-state index contributed by atoms with van der Waals surface area (Å²) in [5, 5.41) is 9.19. The Bertz CT molecular complexity index is 455. The summed E-state index contributed by atoms with van der Waals surface area (Å²) in [6.45, 7) is 1.41. The first-order chi connectivity index (χ1) is 9.65. The van der Waals surface area contributed by atoms with Crippen molar-refractivity contribution in [3.05, 3.63) is 28.8 Å². The summed E-state index contributed by atoms with van der Waals surface area (Å²) >= 11 is 6.21. The number of carboxylic acid groups (broad SMARTS) is 1. The molecular formula is C15H19ClO4. The number of halogens is 1. The second kappa shape index (κ2) is 7.50. The molecule has 0 spiro atoms. The van der Waals surface area contributed by atoms with Crippen LogP contribution in [0.15, 0.2) is 18.2 Å². The first-order valence-corrected chi connectivity index (χ1v) is 7.27. The third-order valence-corrected chi connectivity index (χ3v) is 3.56. The van der Waals surface area contributed by atoms with E-state index < -0.39 is 5.97 Å². The molecule has 4 nitrogen and oxygen atoms in total. The van der Waals surface area contributed by atoms with Crippen LogP contribution in [0.5, 0.6) is 5.75 Å². The van der Waals surface area contributed by atoms with Crippen LogP contribution in [0.1, 0.15) is 31.2 Å². The highest BCUT2D eigenvalue weighted by Crippen LogP contribution is 2.28. The zero-order valence-corrected chi connectivity index (χ0v) is 12.1. The van der Waals surface area contributed by atoms with Gasteiger partial charge in [-0.05, 0) is 43.4 Å². The molecule has 20 heavy (non-hydrogen) atoms. The maximum atomic E-state index is 10.5. The SMILES string of the molecule is O=C(O)CCCc1ccc(OC2CCCOC2)c(Cl)c1. The minimum Gasteiger partial charge on any atom is -0.486 e. The molecule has 1 N–H and O–H groups in total. The van der Waals surface area contributed by atoms with Gasteiger partial charge in [0, 0.05) is 13.0 Å². The largest absolute Gasteiger partial charge is 0.486 e. The smallest absolute Gasteiger partial charge is 0.303 e. The first-order valence-electron chi connectivity index (χ1n) is 6.90. The number of carbonyl (C=O) groups is 1. The molecule has 1 fully saturated rings. The molecule has 0 radical (unpaired) electrons. The zero-order chi connectivity index (χ0) is 14.4. The fourth-order valence-electron chi connectivity index (χ4n) is 2.22. The van der Waals surface area contributed by atoms with Crippen molar-refractivity contribution in [1.82, 2.24) is 0 Å². The number of aliphatic carboxylic acids is 1. The van der Waals surface area contributed by atoms with Gasteiger partial charge in [0.1, 0.15) is 11.9 Å². The van der Waals surface area contributed by atoms with E-state index in [1.807, 2.05) is 18.2 Å². The lowest BCUT2D eigenvalue weighted by molar-refractivity contribution is -0.137. The lowest BCUT2D eigenvalue weighted by Crippen LogP contribution is -2.28. The van der Waals surface area contributed by atoms with E-state index in [0.717, 1.165) is 25.0 Å². The predicted octanol–water partition coefficient (Wildman–Crippen LogP) is 3.31. The molecule has 0 aliphatic carbocycles. The van der Waals surface area contributed by atoms with Crippen molar-refractivity contribution in [2.45, 2.75) is 38.2 Å². The van der Waals surface area contributed by atoms with Crippen LogP contribution in [0, 0.1) is 0 Å². The molecule has 0 bridgehead atoms. The average Bonchev–Trinajstić information content (AvgIpc) is 2.42. The molecule has 1 aliphatic rings. The van der Waals surface area contributed by atoms with Gasteiger partial charge >= 0.3 is 5.97 Å². The van der Waals surface area contributed by atoms with Crippen LogP contribution < -0.4 is 4.74 Å². The molecule has 0 saturated carbocycles. The summed E-state index contributed by atoms with van der Waals surface area (Å²) in [6, 6.07) is 5.64. The number of ether oxygens (including phenoxy) is 2. The van der Waals surface area contributed by atoms with Gasteiger partial charge in [-0.15, -0.1) is 0 Å². The van der Waals surface area contributed by atoms with E-state index in [9.17, 15) is 4.79 Å². The van der Waals surface area contributed by atoms with E-state index in [1.165, 1.54) is 0 Å². The topological polar surface area (TPSA) is 55.8 Å². The third-order valence-electron chi connectivity index (χ3n) is 3.26. The Hall–Kier alpha value is -1.26. The minimum atomic E-state index is -0.770. The van der Waals surface area contributed by atoms with Crippen LogP contribution in [0.4, 0.5) is 0 Å². The summed E-state index contributed by atoms with van der Waals surface area (Å²) in [6.07, 6.45) is 3.56. The maximum absolute atomic E-state index is 10.5. The Kier molecular flexibility index (Phi) is 5.68. The van der Waals surface area contributed by atoms with E-state index >= 15 is 0 Å². The average molecular weight is 299 g/mol. The number of rotatable bonds is 6. The quantitative estimate of drug-likeness (QED) is 0.875. The monoisotopic (exact) mass is 298 g/mol. The zero-order valence-electron chi connectivity index (χ0n) is 11.3. The van der Waals surface area contributed by atoms with Gasteiger partial charge in [0.05, 0.1) is 11.6 Å². The van der Waals surface area contributed by atoms with E-state index in [-0.39, 0.29) is 12.5 Å². The molecule has 1 aromatic rings. The van der Waals surface area contributed by atoms with Crippen molar-refractivity contribution >= 4 is 17.6 Å². The molecule has 1 saturated heterocycles. The number of benzene rings is 1. The van der Waals surface area contributed by atoms with Crippen molar-refractivity contribution in [3.8, 4) is 5.75 Å². The Morgan fingerprint density at radius 2 is 2.35 bits per heavy atom. The Balaban J connectivity index is 1.89. The molecule has 1 unspecified atom stereocenters. The lowest BCUT2D eigenvalue weighted by atomic mass is 10.1. The lowest BCUT2D eigenvalue weighted by Gasteiger charge is -2.23. The number of hydrogen-bond acceptors (Lipinski definition) is 3. The fourth-order valence-corrected chi connectivity index (χ4v) is 2.47. The maximum Gasteiger partial charge on any atom is 0.303 e. The van der Waals surface area contributed by atoms with Gasteiger partial charge in [-0.25, -0.2) is 0 Å². The summed E-state index contributed by atoms with van der Waals surface area (Å²) in [4.78, 5) is 10.5.